The minimum atomic E-state index is 0.364. The Morgan fingerprint density at radius 2 is 2.17 bits per heavy atom. The van der Waals surface area contributed by atoms with E-state index in [-0.39, 0.29) is 0 Å². The van der Waals surface area contributed by atoms with E-state index in [4.69, 9.17) is 5.73 Å². The van der Waals surface area contributed by atoms with Crippen molar-refractivity contribution >= 4 is 0 Å². The van der Waals surface area contributed by atoms with Crippen LogP contribution in [-0.2, 0) is 0 Å². The van der Waals surface area contributed by atoms with Gasteiger partial charge in [0.25, 0.3) is 0 Å². The first-order chi connectivity index (χ1) is 5.75. The lowest BCUT2D eigenvalue weighted by atomic mass is 10.2. The summed E-state index contributed by atoms with van der Waals surface area (Å²) in [4.78, 5) is 8.07. The van der Waals surface area contributed by atoms with Crippen LogP contribution in [0.25, 0.3) is 0 Å². The van der Waals surface area contributed by atoms with Gasteiger partial charge in [-0.2, -0.15) is 0 Å². The number of nitrogens with zero attached hydrogens (tertiary/aromatic N) is 2. The molecule has 3 heteroatoms. The lowest BCUT2D eigenvalue weighted by molar-refractivity contribution is 1.04. The van der Waals surface area contributed by atoms with Crippen LogP contribution < -0.4 is 5.73 Å². The van der Waals surface area contributed by atoms with Gasteiger partial charge in [-0.1, -0.05) is 5.92 Å². The zero-order valence-electron chi connectivity index (χ0n) is 7.26. The molecule has 0 atom stereocenters. The Balaban J connectivity index is 3.08. The highest BCUT2D eigenvalue weighted by atomic mass is 14.8. The SMILES string of the molecule is Cc1ncnc(C#CCN)c1C. The molecule has 0 saturated heterocycles. The fourth-order valence-electron chi connectivity index (χ4n) is 0.799. The van der Waals surface area contributed by atoms with E-state index >= 15 is 0 Å². The van der Waals surface area contributed by atoms with Crippen molar-refractivity contribution in [3.8, 4) is 11.8 Å². The van der Waals surface area contributed by atoms with Crippen molar-refractivity contribution in [3.63, 3.8) is 0 Å². The molecule has 0 bridgehead atoms. The quantitative estimate of drug-likeness (QED) is 0.560. The standard InChI is InChI=1S/C9H11N3/c1-7-8(2)11-6-12-9(7)4-3-5-10/h6H,5,10H2,1-2H3. The van der Waals surface area contributed by atoms with Gasteiger partial charge in [0.05, 0.1) is 6.54 Å². The van der Waals surface area contributed by atoms with Crippen LogP contribution in [0.4, 0.5) is 0 Å². The topological polar surface area (TPSA) is 51.8 Å². The zero-order chi connectivity index (χ0) is 8.97. The number of aromatic nitrogens is 2. The van der Waals surface area contributed by atoms with Gasteiger partial charge in [0.2, 0.25) is 0 Å². The van der Waals surface area contributed by atoms with E-state index in [2.05, 4.69) is 21.8 Å². The molecular formula is C9H11N3. The number of nitrogens with two attached hydrogens (primary N) is 1. The van der Waals surface area contributed by atoms with Gasteiger partial charge in [-0.15, -0.1) is 0 Å². The van der Waals surface area contributed by atoms with Gasteiger partial charge in [0, 0.05) is 11.3 Å². The Hall–Kier alpha value is -1.40. The summed E-state index contributed by atoms with van der Waals surface area (Å²) >= 11 is 0. The van der Waals surface area contributed by atoms with Crippen LogP contribution in [0.15, 0.2) is 6.33 Å². The second kappa shape index (κ2) is 3.84. The third kappa shape index (κ3) is 1.80. The molecule has 1 heterocycles. The first-order valence-electron chi connectivity index (χ1n) is 3.73. The van der Waals surface area contributed by atoms with E-state index in [0.29, 0.717) is 6.54 Å². The summed E-state index contributed by atoms with van der Waals surface area (Å²) in [5.41, 5.74) is 8.01. The van der Waals surface area contributed by atoms with E-state index in [9.17, 15) is 0 Å². The lowest BCUT2D eigenvalue weighted by Crippen LogP contribution is -1.97. The third-order valence-corrected chi connectivity index (χ3v) is 1.64. The zero-order valence-corrected chi connectivity index (χ0v) is 7.26. The molecule has 0 fully saturated rings. The second-order valence-electron chi connectivity index (χ2n) is 2.44. The summed E-state index contributed by atoms with van der Waals surface area (Å²) in [5, 5.41) is 0. The molecule has 3 nitrogen and oxygen atoms in total. The summed E-state index contributed by atoms with van der Waals surface area (Å²) in [6.07, 6.45) is 1.52. The highest BCUT2D eigenvalue weighted by Gasteiger charge is 1.98. The highest BCUT2D eigenvalue weighted by Crippen LogP contribution is 2.04. The molecule has 0 aliphatic rings. The Bertz CT molecular complexity index is 333. The Kier molecular flexibility index (Phi) is 2.78. The fourth-order valence-corrected chi connectivity index (χ4v) is 0.799. The molecule has 1 aromatic rings. The summed E-state index contributed by atoms with van der Waals surface area (Å²) in [7, 11) is 0. The molecule has 1 rings (SSSR count). The first kappa shape index (κ1) is 8.69. The fraction of sp³-hybridized carbons (Fsp3) is 0.333. The van der Waals surface area contributed by atoms with Crippen molar-refractivity contribution in [2.75, 3.05) is 6.54 Å². The van der Waals surface area contributed by atoms with Gasteiger partial charge < -0.3 is 5.73 Å². The minimum Gasteiger partial charge on any atom is -0.320 e. The summed E-state index contributed by atoms with van der Waals surface area (Å²) in [6.45, 7) is 4.25. The molecule has 0 aliphatic carbocycles. The molecule has 0 aromatic carbocycles. The normalized spacial score (nSPS) is 8.92. The van der Waals surface area contributed by atoms with Crippen molar-refractivity contribution in [2.45, 2.75) is 13.8 Å². The predicted molar refractivity (Wildman–Crippen MR) is 47.4 cm³/mol. The molecule has 0 amide bonds. The van der Waals surface area contributed by atoms with E-state index in [1.807, 2.05) is 13.8 Å². The Morgan fingerprint density at radius 3 is 2.83 bits per heavy atom. The summed E-state index contributed by atoms with van der Waals surface area (Å²) in [5.74, 6) is 5.65. The van der Waals surface area contributed by atoms with E-state index < -0.39 is 0 Å². The first-order valence-corrected chi connectivity index (χ1v) is 3.73. The second-order valence-corrected chi connectivity index (χ2v) is 2.44. The maximum absolute atomic E-state index is 5.25. The van der Waals surface area contributed by atoms with Gasteiger partial charge >= 0.3 is 0 Å². The largest absolute Gasteiger partial charge is 0.320 e. The van der Waals surface area contributed by atoms with Crippen LogP contribution in [0.3, 0.4) is 0 Å². The average Bonchev–Trinajstić information content (AvgIpc) is 2.08. The third-order valence-electron chi connectivity index (χ3n) is 1.64. The molecule has 0 aliphatic heterocycles. The van der Waals surface area contributed by atoms with Crippen LogP contribution in [0.1, 0.15) is 17.0 Å². The average molecular weight is 161 g/mol. The van der Waals surface area contributed by atoms with E-state index in [0.717, 1.165) is 17.0 Å². The molecule has 0 unspecified atom stereocenters. The molecule has 2 N–H and O–H groups in total. The number of hydrogen-bond acceptors (Lipinski definition) is 3. The molecule has 0 spiro atoms. The van der Waals surface area contributed by atoms with E-state index in [1.54, 1.807) is 0 Å². The lowest BCUT2D eigenvalue weighted by Gasteiger charge is -1.98. The number of rotatable bonds is 0. The predicted octanol–water partition coefficient (Wildman–Crippen LogP) is 0.404. The molecule has 0 saturated carbocycles. The van der Waals surface area contributed by atoms with E-state index in [1.165, 1.54) is 6.33 Å². The van der Waals surface area contributed by atoms with Crippen LogP contribution >= 0.6 is 0 Å². The van der Waals surface area contributed by atoms with Crippen molar-refractivity contribution in [2.24, 2.45) is 5.73 Å². The molecule has 1 aromatic heterocycles. The van der Waals surface area contributed by atoms with Crippen LogP contribution in [0.5, 0.6) is 0 Å². The Morgan fingerprint density at radius 1 is 1.42 bits per heavy atom. The minimum absolute atomic E-state index is 0.364. The number of hydrogen-bond donors (Lipinski definition) is 1. The van der Waals surface area contributed by atoms with Gasteiger partial charge in [0.1, 0.15) is 12.0 Å². The maximum atomic E-state index is 5.25. The van der Waals surface area contributed by atoms with Gasteiger partial charge in [-0.25, -0.2) is 9.97 Å². The summed E-state index contributed by atoms with van der Waals surface area (Å²) in [6, 6.07) is 0. The van der Waals surface area contributed by atoms with Crippen molar-refractivity contribution in [1.82, 2.24) is 9.97 Å². The van der Waals surface area contributed by atoms with Crippen molar-refractivity contribution in [3.05, 3.63) is 23.3 Å². The smallest absolute Gasteiger partial charge is 0.119 e. The van der Waals surface area contributed by atoms with Gasteiger partial charge in [0.15, 0.2) is 0 Å². The Labute approximate surface area is 72.0 Å². The van der Waals surface area contributed by atoms with Crippen LogP contribution in [0, 0.1) is 25.7 Å². The molecule has 12 heavy (non-hydrogen) atoms. The van der Waals surface area contributed by atoms with Crippen LogP contribution in [-0.4, -0.2) is 16.5 Å². The monoisotopic (exact) mass is 161 g/mol. The highest BCUT2D eigenvalue weighted by molar-refractivity contribution is 5.36. The maximum Gasteiger partial charge on any atom is 0.119 e. The molecule has 62 valence electrons. The van der Waals surface area contributed by atoms with Gasteiger partial charge in [-0.05, 0) is 19.8 Å². The molecular weight excluding hydrogens is 150 g/mol. The van der Waals surface area contributed by atoms with Crippen molar-refractivity contribution < 1.29 is 0 Å². The molecule has 0 radical (unpaired) electrons. The van der Waals surface area contributed by atoms with Crippen LogP contribution in [0.2, 0.25) is 0 Å². The van der Waals surface area contributed by atoms with Crippen molar-refractivity contribution in [1.29, 1.82) is 0 Å². The summed E-state index contributed by atoms with van der Waals surface area (Å²) < 4.78 is 0. The van der Waals surface area contributed by atoms with Gasteiger partial charge in [-0.3, -0.25) is 0 Å². The number of aryl methyl sites for hydroxylation is 1.